The van der Waals surface area contributed by atoms with E-state index in [4.69, 9.17) is 11.5 Å². The first-order chi connectivity index (χ1) is 9.06. The van der Waals surface area contributed by atoms with Gasteiger partial charge in [-0.05, 0) is 24.3 Å². The first-order valence-electron chi connectivity index (χ1n) is 5.98. The third-order valence-electron chi connectivity index (χ3n) is 2.77. The van der Waals surface area contributed by atoms with Gasteiger partial charge in [0.25, 0.3) is 5.91 Å². The fraction of sp³-hybridized carbons (Fsp3) is 0.231. The topological polar surface area (TPSA) is 99.0 Å². The molecule has 6 heteroatoms. The number of carbonyl (C=O) groups is 1. The number of primary amides is 1. The molecule has 0 saturated carbocycles. The van der Waals surface area contributed by atoms with Gasteiger partial charge in [-0.25, -0.2) is 0 Å². The van der Waals surface area contributed by atoms with E-state index < -0.39 is 5.91 Å². The summed E-state index contributed by atoms with van der Waals surface area (Å²) >= 11 is 0. The van der Waals surface area contributed by atoms with E-state index in [0.29, 0.717) is 23.5 Å². The van der Waals surface area contributed by atoms with E-state index in [1.54, 1.807) is 22.9 Å². The largest absolute Gasteiger partial charge is 0.399 e. The Morgan fingerprint density at radius 3 is 2.84 bits per heavy atom. The first-order valence-corrected chi connectivity index (χ1v) is 5.98. The quantitative estimate of drug-likeness (QED) is 0.690. The predicted octanol–water partition coefficient (Wildman–Crippen LogP) is 0.756. The molecule has 0 atom stereocenters. The van der Waals surface area contributed by atoms with Gasteiger partial charge in [0.1, 0.15) is 0 Å². The van der Waals surface area contributed by atoms with Crippen LogP contribution in [-0.4, -0.2) is 22.2 Å². The molecule has 0 aliphatic rings. The normalized spacial score (nSPS) is 10.4. The molecule has 19 heavy (non-hydrogen) atoms. The van der Waals surface area contributed by atoms with E-state index in [2.05, 4.69) is 10.4 Å². The maximum Gasteiger partial charge on any atom is 0.250 e. The number of aromatic nitrogens is 2. The summed E-state index contributed by atoms with van der Waals surface area (Å²) in [4.78, 5) is 11.3. The number of rotatable bonds is 5. The van der Waals surface area contributed by atoms with Gasteiger partial charge in [-0.3, -0.25) is 9.48 Å². The van der Waals surface area contributed by atoms with E-state index in [1.807, 2.05) is 19.3 Å². The van der Waals surface area contributed by atoms with Crippen LogP contribution in [0.1, 0.15) is 16.1 Å². The number of nitrogens with two attached hydrogens (primary N) is 2. The molecular formula is C13H17N5O. The highest BCUT2D eigenvalue weighted by Gasteiger charge is 2.08. The second kappa shape index (κ2) is 5.43. The van der Waals surface area contributed by atoms with Crippen LogP contribution in [0.4, 0.5) is 11.4 Å². The van der Waals surface area contributed by atoms with Crippen molar-refractivity contribution in [2.45, 2.75) is 6.42 Å². The molecule has 1 aromatic heterocycles. The van der Waals surface area contributed by atoms with Gasteiger partial charge >= 0.3 is 0 Å². The average Bonchev–Trinajstić information content (AvgIpc) is 2.75. The fourth-order valence-corrected chi connectivity index (χ4v) is 1.84. The fourth-order valence-electron chi connectivity index (χ4n) is 1.84. The van der Waals surface area contributed by atoms with Crippen molar-refractivity contribution in [3.63, 3.8) is 0 Å². The molecule has 1 aromatic carbocycles. The lowest BCUT2D eigenvalue weighted by atomic mass is 10.1. The summed E-state index contributed by atoms with van der Waals surface area (Å²) in [6, 6.07) is 6.94. The molecule has 0 aliphatic carbocycles. The van der Waals surface area contributed by atoms with Gasteiger partial charge in [0.05, 0.1) is 11.3 Å². The van der Waals surface area contributed by atoms with Crippen LogP contribution in [0.2, 0.25) is 0 Å². The Labute approximate surface area is 111 Å². The zero-order valence-corrected chi connectivity index (χ0v) is 10.8. The minimum Gasteiger partial charge on any atom is -0.399 e. The van der Waals surface area contributed by atoms with Crippen molar-refractivity contribution in [3.05, 3.63) is 41.7 Å². The summed E-state index contributed by atoms with van der Waals surface area (Å²) in [5.41, 5.74) is 13.7. The van der Waals surface area contributed by atoms with Crippen LogP contribution in [0.25, 0.3) is 0 Å². The van der Waals surface area contributed by atoms with Crippen LogP contribution in [0.5, 0.6) is 0 Å². The summed E-state index contributed by atoms with van der Waals surface area (Å²) in [5, 5.41) is 7.44. The number of hydrogen-bond acceptors (Lipinski definition) is 4. The van der Waals surface area contributed by atoms with Crippen LogP contribution < -0.4 is 16.8 Å². The molecule has 0 saturated heterocycles. The molecular weight excluding hydrogens is 242 g/mol. The van der Waals surface area contributed by atoms with Gasteiger partial charge in [0.2, 0.25) is 0 Å². The minimum absolute atomic E-state index is 0.440. The molecule has 0 aliphatic heterocycles. The summed E-state index contributed by atoms with van der Waals surface area (Å²) in [5.74, 6) is -0.472. The van der Waals surface area contributed by atoms with Crippen molar-refractivity contribution in [2.24, 2.45) is 12.8 Å². The van der Waals surface area contributed by atoms with Gasteiger partial charge < -0.3 is 16.8 Å². The number of aryl methyl sites for hydroxylation is 1. The van der Waals surface area contributed by atoms with E-state index in [9.17, 15) is 4.79 Å². The number of carbonyl (C=O) groups excluding carboxylic acids is 1. The number of hydrogen-bond donors (Lipinski definition) is 3. The van der Waals surface area contributed by atoms with Crippen LogP contribution in [0, 0.1) is 0 Å². The molecule has 100 valence electrons. The Balaban J connectivity index is 2.02. The van der Waals surface area contributed by atoms with Crippen molar-refractivity contribution in [1.82, 2.24) is 9.78 Å². The third kappa shape index (κ3) is 3.25. The highest BCUT2D eigenvalue weighted by Crippen LogP contribution is 2.18. The van der Waals surface area contributed by atoms with E-state index >= 15 is 0 Å². The molecule has 0 bridgehead atoms. The van der Waals surface area contributed by atoms with Gasteiger partial charge in [0, 0.05) is 37.6 Å². The first kappa shape index (κ1) is 12.9. The SMILES string of the molecule is Cn1ccc(CCNc2cc(N)ccc2C(N)=O)n1. The molecule has 0 unspecified atom stereocenters. The molecule has 5 N–H and O–H groups in total. The van der Waals surface area contributed by atoms with E-state index in [0.717, 1.165) is 12.1 Å². The number of anilines is 2. The van der Waals surface area contributed by atoms with Gasteiger partial charge in [-0.1, -0.05) is 0 Å². The number of nitrogens with one attached hydrogen (secondary N) is 1. The third-order valence-corrected chi connectivity index (χ3v) is 2.77. The summed E-state index contributed by atoms with van der Waals surface area (Å²) in [6.45, 7) is 0.654. The smallest absolute Gasteiger partial charge is 0.250 e. The van der Waals surface area contributed by atoms with Crippen molar-refractivity contribution in [3.8, 4) is 0 Å². The van der Waals surface area contributed by atoms with Crippen molar-refractivity contribution >= 4 is 17.3 Å². The van der Waals surface area contributed by atoms with Gasteiger partial charge in [-0.15, -0.1) is 0 Å². The monoisotopic (exact) mass is 259 g/mol. The number of nitrogens with zero attached hydrogens (tertiary/aromatic N) is 2. The maximum atomic E-state index is 11.3. The predicted molar refractivity (Wildman–Crippen MR) is 74.8 cm³/mol. The van der Waals surface area contributed by atoms with Crippen LogP contribution in [0.3, 0.4) is 0 Å². The highest BCUT2D eigenvalue weighted by atomic mass is 16.1. The Kier molecular flexibility index (Phi) is 3.70. The molecule has 1 heterocycles. The molecule has 0 fully saturated rings. The molecule has 2 aromatic rings. The zero-order chi connectivity index (χ0) is 13.8. The van der Waals surface area contributed by atoms with Crippen LogP contribution >= 0.6 is 0 Å². The van der Waals surface area contributed by atoms with Crippen LogP contribution in [0.15, 0.2) is 30.5 Å². The van der Waals surface area contributed by atoms with E-state index in [1.165, 1.54) is 0 Å². The lowest BCUT2D eigenvalue weighted by Gasteiger charge is -2.10. The Bertz CT molecular complexity index is 590. The summed E-state index contributed by atoms with van der Waals surface area (Å²) in [7, 11) is 1.88. The molecule has 6 nitrogen and oxygen atoms in total. The zero-order valence-electron chi connectivity index (χ0n) is 10.8. The lowest BCUT2D eigenvalue weighted by Crippen LogP contribution is -2.16. The Hall–Kier alpha value is -2.50. The Morgan fingerprint density at radius 2 is 2.21 bits per heavy atom. The van der Waals surface area contributed by atoms with Crippen molar-refractivity contribution < 1.29 is 4.79 Å². The average molecular weight is 259 g/mol. The van der Waals surface area contributed by atoms with Crippen molar-refractivity contribution in [2.75, 3.05) is 17.6 Å². The number of amides is 1. The number of nitrogen functional groups attached to an aromatic ring is 1. The number of benzene rings is 1. The summed E-state index contributed by atoms with van der Waals surface area (Å²) < 4.78 is 1.75. The standard InChI is InChI=1S/C13H17N5O/c1-18-7-5-10(17-18)4-6-16-12-8-9(14)2-3-11(12)13(15)19/h2-3,5,7-8,16H,4,6,14H2,1H3,(H2,15,19). The molecule has 0 radical (unpaired) electrons. The maximum absolute atomic E-state index is 11.3. The second-order valence-corrected chi connectivity index (χ2v) is 4.33. The Morgan fingerprint density at radius 1 is 1.42 bits per heavy atom. The molecule has 0 spiro atoms. The molecule has 2 rings (SSSR count). The second-order valence-electron chi connectivity index (χ2n) is 4.33. The van der Waals surface area contributed by atoms with Crippen LogP contribution in [-0.2, 0) is 13.5 Å². The van der Waals surface area contributed by atoms with Gasteiger partial charge in [-0.2, -0.15) is 5.10 Å². The van der Waals surface area contributed by atoms with Gasteiger partial charge in [0.15, 0.2) is 0 Å². The lowest BCUT2D eigenvalue weighted by molar-refractivity contribution is 0.100. The van der Waals surface area contributed by atoms with Crippen molar-refractivity contribution in [1.29, 1.82) is 0 Å². The highest BCUT2D eigenvalue weighted by molar-refractivity contribution is 5.99. The van der Waals surface area contributed by atoms with E-state index in [-0.39, 0.29) is 0 Å². The molecule has 1 amide bonds. The summed E-state index contributed by atoms with van der Waals surface area (Å²) in [6.07, 6.45) is 2.65. The minimum atomic E-state index is -0.472.